The molecule has 8 heteroatoms. The van der Waals surface area contributed by atoms with E-state index in [0.29, 0.717) is 31.7 Å². The van der Waals surface area contributed by atoms with Gasteiger partial charge in [-0.1, -0.05) is 0 Å². The van der Waals surface area contributed by atoms with Crippen molar-refractivity contribution >= 4 is 21.7 Å². The molecule has 0 radical (unpaired) electrons. The van der Waals surface area contributed by atoms with E-state index < -0.39 is 24.1 Å². The van der Waals surface area contributed by atoms with E-state index in [1.165, 1.54) is 0 Å². The topological polar surface area (TPSA) is 16.1 Å². The average Bonchev–Trinajstić information content (AvgIpc) is 2.37. The second-order valence-electron chi connectivity index (χ2n) is 4.69. The zero-order chi connectivity index (χ0) is 14.9. The van der Waals surface area contributed by atoms with Crippen LogP contribution in [0.5, 0.6) is 0 Å². The number of aromatic nitrogens is 1. The molecule has 0 saturated carbocycles. The van der Waals surface area contributed by atoms with Crippen molar-refractivity contribution < 1.29 is 22.0 Å². The smallest absolute Gasteiger partial charge is 0.356 e. The number of piperidine rings is 1. The Kier molecular flexibility index (Phi) is 4.51. The lowest BCUT2D eigenvalue weighted by Gasteiger charge is -2.33. The molecule has 2 rings (SSSR count). The first-order valence-corrected chi connectivity index (χ1v) is 6.84. The van der Waals surface area contributed by atoms with Gasteiger partial charge in [0.05, 0.1) is 10.0 Å². The maximum absolute atomic E-state index is 12.5. The fourth-order valence-corrected chi connectivity index (χ4v) is 2.78. The van der Waals surface area contributed by atoms with Crippen molar-refractivity contribution in [3.63, 3.8) is 0 Å². The quantitative estimate of drug-likeness (QED) is 0.731. The Morgan fingerprint density at radius 3 is 2.30 bits per heavy atom. The largest absolute Gasteiger partial charge is 0.417 e. The molecule has 112 valence electrons. The fraction of sp³-hybridized carbons (Fsp3) is 0.583. The number of nitrogens with zero attached hydrogens (tertiary/aromatic N) is 2. The highest BCUT2D eigenvalue weighted by Crippen LogP contribution is 2.35. The third kappa shape index (κ3) is 3.39. The monoisotopic (exact) mass is 358 g/mol. The van der Waals surface area contributed by atoms with E-state index in [1.54, 1.807) is 4.90 Å². The van der Waals surface area contributed by atoms with Crippen molar-refractivity contribution in [3.8, 4) is 0 Å². The van der Waals surface area contributed by atoms with E-state index in [0.717, 1.165) is 12.3 Å². The molecular weight excluding hydrogens is 347 g/mol. The molecule has 1 aromatic rings. The van der Waals surface area contributed by atoms with Crippen molar-refractivity contribution in [2.75, 3.05) is 18.0 Å². The summed E-state index contributed by atoms with van der Waals surface area (Å²) in [7, 11) is 0. The normalized spacial score (nSPS) is 17.9. The second kappa shape index (κ2) is 5.83. The summed E-state index contributed by atoms with van der Waals surface area (Å²) in [6, 6.07) is 0.960. The zero-order valence-electron chi connectivity index (χ0n) is 10.3. The summed E-state index contributed by atoms with van der Waals surface area (Å²) < 4.78 is 62.9. The molecule has 0 aromatic carbocycles. The Hall–Kier alpha value is -0.920. The van der Waals surface area contributed by atoms with Crippen LogP contribution in [-0.2, 0) is 6.18 Å². The first-order chi connectivity index (χ1) is 9.29. The lowest BCUT2D eigenvalue weighted by molar-refractivity contribution is -0.137. The fourth-order valence-electron chi connectivity index (χ4n) is 2.18. The SMILES string of the molecule is FC(F)C1CCN(c2ncc(C(F)(F)F)cc2Br)CC1. The van der Waals surface area contributed by atoms with Gasteiger partial charge in [0.2, 0.25) is 6.43 Å². The summed E-state index contributed by atoms with van der Waals surface area (Å²) in [4.78, 5) is 5.54. The van der Waals surface area contributed by atoms with Gasteiger partial charge in [-0.2, -0.15) is 13.2 Å². The first kappa shape index (κ1) is 15.5. The molecule has 2 nitrogen and oxygen atoms in total. The van der Waals surface area contributed by atoms with Crippen LogP contribution in [0.2, 0.25) is 0 Å². The number of hydrogen-bond donors (Lipinski definition) is 0. The van der Waals surface area contributed by atoms with Gasteiger partial charge in [0, 0.05) is 25.2 Å². The third-order valence-corrected chi connectivity index (χ3v) is 3.93. The maximum Gasteiger partial charge on any atom is 0.417 e. The average molecular weight is 359 g/mol. The van der Waals surface area contributed by atoms with Gasteiger partial charge in [-0.25, -0.2) is 13.8 Å². The first-order valence-electron chi connectivity index (χ1n) is 6.05. The molecule has 20 heavy (non-hydrogen) atoms. The highest BCUT2D eigenvalue weighted by Gasteiger charge is 2.33. The summed E-state index contributed by atoms with van der Waals surface area (Å²) in [5.41, 5.74) is -0.837. The third-order valence-electron chi connectivity index (χ3n) is 3.34. The Morgan fingerprint density at radius 2 is 1.85 bits per heavy atom. The molecule has 1 fully saturated rings. The predicted octanol–water partition coefficient (Wildman–Crippen LogP) is 4.34. The number of alkyl halides is 5. The van der Waals surface area contributed by atoms with Gasteiger partial charge in [-0.05, 0) is 34.8 Å². The van der Waals surface area contributed by atoms with E-state index >= 15 is 0 Å². The number of rotatable bonds is 2. The van der Waals surface area contributed by atoms with Gasteiger partial charge < -0.3 is 4.90 Å². The Bertz CT molecular complexity index is 469. The minimum absolute atomic E-state index is 0.225. The molecule has 0 unspecified atom stereocenters. The number of hydrogen-bond acceptors (Lipinski definition) is 2. The molecule has 0 amide bonds. The van der Waals surface area contributed by atoms with Crippen molar-refractivity contribution in [2.45, 2.75) is 25.4 Å². The molecule has 1 aromatic heterocycles. The van der Waals surface area contributed by atoms with Crippen LogP contribution in [-0.4, -0.2) is 24.5 Å². The van der Waals surface area contributed by atoms with E-state index in [1.807, 2.05) is 0 Å². The van der Waals surface area contributed by atoms with Crippen LogP contribution >= 0.6 is 15.9 Å². The minimum atomic E-state index is -4.45. The van der Waals surface area contributed by atoms with Crippen molar-refractivity contribution in [1.82, 2.24) is 4.98 Å². The van der Waals surface area contributed by atoms with E-state index in [2.05, 4.69) is 20.9 Å². The van der Waals surface area contributed by atoms with E-state index in [-0.39, 0.29) is 4.47 Å². The Morgan fingerprint density at radius 1 is 1.25 bits per heavy atom. The standard InChI is InChI=1S/C12H12BrF5N2/c13-9-5-8(12(16,17)18)6-19-11(9)20-3-1-7(2-4-20)10(14)15/h5-7,10H,1-4H2. The lowest BCUT2D eigenvalue weighted by Crippen LogP contribution is -2.36. The van der Waals surface area contributed by atoms with Crippen LogP contribution in [0.3, 0.4) is 0 Å². The molecule has 1 saturated heterocycles. The number of halogens is 6. The van der Waals surface area contributed by atoms with Gasteiger partial charge in [0.1, 0.15) is 5.82 Å². The Balaban J connectivity index is 2.11. The number of anilines is 1. The van der Waals surface area contributed by atoms with Crippen molar-refractivity contribution in [3.05, 3.63) is 22.3 Å². The maximum atomic E-state index is 12.5. The van der Waals surface area contributed by atoms with Gasteiger partial charge in [0.25, 0.3) is 0 Å². The molecule has 0 atom stereocenters. The van der Waals surface area contributed by atoms with Crippen molar-refractivity contribution in [1.29, 1.82) is 0 Å². The molecule has 1 aliphatic heterocycles. The summed E-state index contributed by atoms with van der Waals surface area (Å²) in [6.45, 7) is 0.734. The summed E-state index contributed by atoms with van der Waals surface area (Å²) in [6.07, 6.45) is -5.41. The van der Waals surface area contributed by atoms with Gasteiger partial charge >= 0.3 is 6.18 Å². The molecule has 0 bridgehead atoms. The minimum Gasteiger partial charge on any atom is -0.356 e. The van der Waals surface area contributed by atoms with Gasteiger partial charge in [-0.15, -0.1) is 0 Å². The molecular formula is C12H12BrF5N2. The highest BCUT2D eigenvalue weighted by molar-refractivity contribution is 9.10. The zero-order valence-corrected chi connectivity index (χ0v) is 11.9. The molecule has 1 aliphatic rings. The van der Waals surface area contributed by atoms with E-state index in [9.17, 15) is 22.0 Å². The predicted molar refractivity (Wildman–Crippen MR) is 67.9 cm³/mol. The summed E-state index contributed by atoms with van der Waals surface area (Å²) >= 11 is 3.07. The van der Waals surface area contributed by atoms with Gasteiger partial charge in [-0.3, -0.25) is 0 Å². The van der Waals surface area contributed by atoms with Crippen LogP contribution in [0, 0.1) is 5.92 Å². The number of pyridine rings is 1. The second-order valence-corrected chi connectivity index (χ2v) is 5.54. The van der Waals surface area contributed by atoms with Crippen LogP contribution in [0.1, 0.15) is 18.4 Å². The van der Waals surface area contributed by atoms with Crippen LogP contribution in [0.25, 0.3) is 0 Å². The molecule has 0 N–H and O–H groups in total. The highest BCUT2D eigenvalue weighted by atomic mass is 79.9. The van der Waals surface area contributed by atoms with Gasteiger partial charge in [0.15, 0.2) is 0 Å². The van der Waals surface area contributed by atoms with Crippen LogP contribution in [0.4, 0.5) is 27.8 Å². The molecule has 0 aliphatic carbocycles. The van der Waals surface area contributed by atoms with Crippen LogP contribution < -0.4 is 4.90 Å². The summed E-state index contributed by atoms with van der Waals surface area (Å²) in [5, 5.41) is 0. The van der Waals surface area contributed by atoms with Crippen molar-refractivity contribution in [2.24, 2.45) is 5.92 Å². The van der Waals surface area contributed by atoms with E-state index in [4.69, 9.17) is 0 Å². The molecule has 0 spiro atoms. The molecule has 2 heterocycles. The summed E-state index contributed by atoms with van der Waals surface area (Å²) in [5.74, 6) is -0.273. The van der Waals surface area contributed by atoms with Crippen LogP contribution in [0.15, 0.2) is 16.7 Å². The Labute approximate surface area is 121 Å². The lowest BCUT2D eigenvalue weighted by atomic mass is 9.97.